The number of rotatable bonds is 1. The quantitative estimate of drug-likeness (QED) is 0.842. The Balaban J connectivity index is 2.94. The molecule has 5 heteroatoms. The van der Waals surface area contributed by atoms with E-state index in [1.165, 1.54) is 0 Å². The van der Waals surface area contributed by atoms with Gasteiger partial charge in [-0.2, -0.15) is 0 Å². The molecule has 0 amide bonds. The topological polar surface area (TPSA) is 53.1 Å². The van der Waals surface area contributed by atoms with Gasteiger partial charge in [0.25, 0.3) is 0 Å². The summed E-state index contributed by atoms with van der Waals surface area (Å²) in [6.07, 6.45) is 1.75. The molecule has 0 radical (unpaired) electrons. The summed E-state index contributed by atoms with van der Waals surface area (Å²) in [7, 11) is 0. The average Bonchev–Trinajstić information content (AvgIpc) is 2.54. The number of aromatic nitrogens is 1. The molecule has 15 heavy (non-hydrogen) atoms. The fourth-order valence-corrected chi connectivity index (χ4v) is 2.52. The lowest BCUT2D eigenvalue weighted by Crippen LogP contribution is -1.98. The average molecular weight is 289 g/mol. The minimum absolute atomic E-state index is 0.127. The molecule has 0 fully saturated rings. The number of hydrogen-bond acceptors (Lipinski definition) is 1. The summed E-state index contributed by atoms with van der Waals surface area (Å²) in [6.45, 7) is 1.84. The van der Waals surface area contributed by atoms with Crippen LogP contribution in [0.25, 0.3) is 10.9 Å². The Morgan fingerprint density at radius 3 is 2.87 bits per heavy atom. The second kappa shape index (κ2) is 3.54. The van der Waals surface area contributed by atoms with Gasteiger partial charge in [0.05, 0.1) is 16.1 Å². The zero-order valence-electron chi connectivity index (χ0n) is 7.77. The third kappa shape index (κ3) is 1.54. The Kier molecular flexibility index (Phi) is 2.48. The van der Waals surface area contributed by atoms with Crippen molar-refractivity contribution in [1.29, 1.82) is 0 Å². The highest BCUT2D eigenvalue weighted by Gasteiger charge is 2.16. The van der Waals surface area contributed by atoms with Crippen molar-refractivity contribution in [2.45, 2.75) is 6.92 Å². The van der Waals surface area contributed by atoms with E-state index in [1.807, 2.05) is 6.92 Å². The number of carboxylic acid groups (broad SMARTS) is 1. The van der Waals surface area contributed by atoms with Crippen LogP contribution in [0.4, 0.5) is 0 Å². The van der Waals surface area contributed by atoms with Gasteiger partial charge in [-0.1, -0.05) is 11.6 Å². The largest absolute Gasteiger partial charge is 0.478 e. The second-order valence-corrected chi connectivity index (χ2v) is 4.48. The number of aromatic amines is 1. The van der Waals surface area contributed by atoms with Crippen LogP contribution < -0.4 is 0 Å². The molecule has 1 aromatic carbocycles. The fourth-order valence-electron chi connectivity index (χ4n) is 1.57. The van der Waals surface area contributed by atoms with Gasteiger partial charge in [0, 0.05) is 16.1 Å². The molecule has 2 N–H and O–H groups in total. The molecule has 0 saturated heterocycles. The van der Waals surface area contributed by atoms with Crippen LogP contribution in [0.3, 0.4) is 0 Å². The van der Waals surface area contributed by atoms with Crippen LogP contribution in [-0.4, -0.2) is 16.1 Å². The molecule has 1 heterocycles. The van der Waals surface area contributed by atoms with E-state index in [4.69, 9.17) is 16.7 Å². The Morgan fingerprint density at radius 2 is 2.27 bits per heavy atom. The highest BCUT2D eigenvalue weighted by Crippen LogP contribution is 2.34. The summed E-state index contributed by atoms with van der Waals surface area (Å²) in [5, 5.41) is 9.95. The number of nitrogens with one attached hydrogen (secondary N) is 1. The van der Waals surface area contributed by atoms with Crippen molar-refractivity contribution in [3.63, 3.8) is 0 Å². The molecule has 0 aliphatic heterocycles. The Bertz CT molecular complexity index is 562. The molecule has 0 aliphatic rings. The van der Waals surface area contributed by atoms with Gasteiger partial charge >= 0.3 is 5.97 Å². The Labute approximate surface area is 99.2 Å². The summed E-state index contributed by atoms with van der Waals surface area (Å²) >= 11 is 9.35. The lowest BCUT2D eigenvalue weighted by molar-refractivity contribution is 0.0697. The maximum atomic E-state index is 10.9. The van der Waals surface area contributed by atoms with Crippen LogP contribution in [0.15, 0.2) is 16.7 Å². The molecule has 0 bridgehead atoms. The molecular weight excluding hydrogens is 281 g/mol. The number of hydrogen-bond donors (Lipinski definition) is 2. The van der Waals surface area contributed by atoms with Crippen molar-refractivity contribution in [3.05, 3.63) is 32.9 Å². The lowest BCUT2D eigenvalue weighted by Gasteiger charge is -2.04. The van der Waals surface area contributed by atoms with Gasteiger partial charge in [0.15, 0.2) is 0 Å². The third-order valence-electron chi connectivity index (χ3n) is 2.27. The lowest BCUT2D eigenvalue weighted by atomic mass is 10.1. The Hall–Kier alpha value is -1.000. The number of aryl methyl sites for hydroxylation is 1. The number of aromatic carboxylic acids is 1. The molecule has 1 aromatic heterocycles. The predicted molar refractivity (Wildman–Crippen MR) is 62.7 cm³/mol. The summed E-state index contributed by atoms with van der Waals surface area (Å²) in [6, 6.07) is 1.57. The minimum Gasteiger partial charge on any atom is -0.478 e. The van der Waals surface area contributed by atoms with Crippen molar-refractivity contribution in [1.82, 2.24) is 4.98 Å². The van der Waals surface area contributed by atoms with Crippen molar-refractivity contribution < 1.29 is 9.90 Å². The molecule has 0 unspecified atom stereocenters. The van der Waals surface area contributed by atoms with Gasteiger partial charge in [-0.25, -0.2) is 4.79 Å². The predicted octanol–water partition coefficient (Wildman–Crippen LogP) is 3.59. The van der Waals surface area contributed by atoms with E-state index >= 15 is 0 Å². The van der Waals surface area contributed by atoms with Crippen LogP contribution >= 0.6 is 27.5 Å². The normalized spacial score (nSPS) is 10.9. The van der Waals surface area contributed by atoms with Crippen molar-refractivity contribution in [2.24, 2.45) is 0 Å². The Morgan fingerprint density at radius 1 is 1.60 bits per heavy atom. The first-order chi connectivity index (χ1) is 7.02. The zero-order chi connectivity index (χ0) is 11.2. The number of benzene rings is 1. The molecule has 0 saturated carbocycles. The molecule has 78 valence electrons. The maximum absolute atomic E-state index is 10.9. The highest BCUT2D eigenvalue weighted by atomic mass is 79.9. The maximum Gasteiger partial charge on any atom is 0.337 e. The second-order valence-electron chi connectivity index (χ2n) is 3.25. The van der Waals surface area contributed by atoms with E-state index in [0.717, 1.165) is 15.6 Å². The molecule has 2 rings (SSSR count). The van der Waals surface area contributed by atoms with Gasteiger partial charge in [0.2, 0.25) is 0 Å². The van der Waals surface area contributed by atoms with Crippen LogP contribution in [0.1, 0.15) is 15.9 Å². The summed E-state index contributed by atoms with van der Waals surface area (Å²) in [4.78, 5) is 14.0. The van der Waals surface area contributed by atoms with E-state index < -0.39 is 5.97 Å². The van der Waals surface area contributed by atoms with Crippen LogP contribution in [0, 0.1) is 6.92 Å². The summed E-state index contributed by atoms with van der Waals surface area (Å²) < 4.78 is 0.772. The van der Waals surface area contributed by atoms with Gasteiger partial charge in [-0.15, -0.1) is 0 Å². The van der Waals surface area contributed by atoms with Crippen LogP contribution in [0.5, 0.6) is 0 Å². The van der Waals surface area contributed by atoms with E-state index in [1.54, 1.807) is 12.3 Å². The number of H-pyrrole nitrogens is 1. The number of carbonyl (C=O) groups is 1. The molecule has 2 aromatic rings. The van der Waals surface area contributed by atoms with Gasteiger partial charge in [-0.3, -0.25) is 0 Å². The molecule has 0 atom stereocenters. The minimum atomic E-state index is -1.02. The monoisotopic (exact) mass is 287 g/mol. The number of halogens is 2. The smallest absolute Gasteiger partial charge is 0.337 e. The summed E-state index contributed by atoms with van der Waals surface area (Å²) in [5.41, 5.74) is 1.84. The zero-order valence-corrected chi connectivity index (χ0v) is 10.1. The molecule has 0 aliphatic carbocycles. The van der Waals surface area contributed by atoms with Crippen molar-refractivity contribution >= 4 is 44.4 Å². The number of fused-ring (bicyclic) bond motifs is 1. The number of carboxylic acids is 1. The van der Waals surface area contributed by atoms with Crippen molar-refractivity contribution in [3.8, 4) is 0 Å². The van der Waals surface area contributed by atoms with E-state index in [0.29, 0.717) is 5.39 Å². The van der Waals surface area contributed by atoms with Gasteiger partial charge < -0.3 is 10.1 Å². The molecule has 0 spiro atoms. The first-order valence-corrected chi connectivity index (χ1v) is 5.38. The molecule has 3 nitrogen and oxygen atoms in total. The van der Waals surface area contributed by atoms with E-state index in [-0.39, 0.29) is 10.6 Å². The summed E-state index contributed by atoms with van der Waals surface area (Å²) in [5.74, 6) is -1.02. The standard InChI is InChI=1S/C10H7BrClNO2/c1-4-2-5(10(14)15)8(12)7-6(11)3-13-9(4)7/h2-3,13H,1H3,(H,14,15). The van der Waals surface area contributed by atoms with E-state index in [2.05, 4.69) is 20.9 Å². The molecular formula is C10H7BrClNO2. The SMILES string of the molecule is Cc1cc(C(=O)O)c(Cl)c2c(Br)c[nH]c12. The fraction of sp³-hybridized carbons (Fsp3) is 0.100. The van der Waals surface area contributed by atoms with Gasteiger partial charge in [0.1, 0.15) is 0 Å². The van der Waals surface area contributed by atoms with E-state index in [9.17, 15) is 4.79 Å². The highest BCUT2D eigenvalue weighted by molar-refractivity contribution is 9.10. The first-order valence-electron chi connectivity index (χ1n) is 4.21. The van der Waals surface area contributed by atoms with Gasteiger partial charge in [-0.05, 0) is 34.5 Å². The van der Waals surface area contributed by atoms with Crippen LogP contribution in [0.2, 0.25) is 5.02 Å². The first kappa shape index (κ1) is 10.5. The van der Waals surface area contributed by atoms with Crippen LogP contribution in [-0.2, 0) is 0 Å². The third-order valence-corrected chi connectivity index (χ3v) is 3.29. The van der Waals surface area contributed by atoms with Crippen molar-refractivity contribution in [2.75, 3.05) is 0 Å².